The number of carbonyl (C=O) groups excluding carboxylic acids is 1. The van der Waals surface area contributed by atoms with Crippen LogP contribution < -0.4 is 0 Å². The zero-order chi connectivity index (χ0) is 19.0. The molecule has 2 fully saturated rings. The van der Waals surface area contributed by atoms with Gasteiger partial charge in [-0.3, -0.25) is 4.79 Å². The molecule has 1 saturated carbocycles. The maximum atomic E-state index is 14.3. The van der Waals surface area contributed by atoms with Crippen LogP contribution in [0.15, 0.2) is 48.5 Å². The first-order valence-electron chi connectivity index (χ1n) is 9.89. The molecule has 3 atom stereocenters. The van der Waals surface area contributed by atoms with Crippen LogP contribution >= 0.6 is 0 Å². The average molecular weight is 367 g/mol. The molecular weight excluding hydrogens is 341 g/mol. The van der Waals surface area contributed by atoms with E-state index in [1.165, 1.54) is 6.07 Å². The lowest BCUT2D eigenvalue weighted by atomic mass is 9.69. The fourth-order valence-electron chi connectivity index (χ4n) is 4.99. The molecule has 0 bridgehead atoms. The SMILES string of the molecule is CC[C@@]1(O)CCC[C@@H]2CN(C(=O)c3ccccc3-c3ccccc3F)C[C@@H]21. The molecule has 1 N–H and O–H groups in total. The zero-order valence-corrected chi connectivity index (χ0v) is 15.7. The number of benzene rings is 2. The van der Waals surface area contributed by atoms with Crippen LogP contribution in [0.2, 0.25) is 0 Å². The minimum atomic E-state index is -0.664. The highest BCUT2D eigenvalue weighted by atomic mass is 19.1. The van der Waals surface area contributed by atoms with E-state index in [4.69, 9.17) is 0 Å². The summed E-state index contributed by atoms with van der Waals surface area (Å²) in [5.41, 5.74) is 0.939. The summed E-state index contributed by atoms with van der Waals surface area (Å²) in [6, 6.07) is 13.8. The van der Waals surface area contributed by atoms with Gasteiger partial charge < -0.3 is 10.0 Å². The van der Waals surface area contributed by atoms with Crippen LogP contribution in [0.4, 0.5) is 4.39 Å². The van der Waals surface area contributed by atoms with Crippen molar-refractivity contribution in [1.29, 1.82) is 0 Å². The van der Waals surface area contributed by atoms with E-state index in [0.717, 1.165) is 25.7 Å². The van der Waals surface area contributed by atoms with Gasteiger partial charge in [-0.05, 0) is 42.9 Å². The van der Waals surface area contributed by atoms with Gasteiger partial charge in [0.15, 0.2) is 0 Å². The van der Waals surface area contributed by atoms with Crippen LogP contribution in [0.3, 0.4) is 0 Å². The van der Waals surface area contributed by atoms with Crippen molar-refractivity contribution in [1.82, 2.24) is 4.90 Å². The number of fused-ring (bicyclic) bond motifs is 1. The monoisotopic (exact) mass is 367 g/mol. The normalized spacial score (nSPS) is 27.4. The van der Waals surface area contributed by atoms with Crippen LogP contribution in [0.25, 0.3) is 11.1 Å². The van der Waals surface area contributed by atoms with Gasteiger partial charge in [0.25, 0.3) is 5.91 Å². The number of nitrogens with zero attached hydrogens (tertiary/aromatic N) is 1. The van der Waals surface area contributed by atoms with Gasteiger partial charge in [-0.1, -0.05) is 49.7 Å². The van der Waals surface area contributed by atoms with Gasteiger partial charge in [0.2, 0.25) is 0 Å². The van der Waals surface area contributed by atoms with Crippen LogP contribution in [-0.2, 0) is 0 Å². The number of carbonyl (C=O) groups is 1. The first-order valence-corrected chi connectivity index (χ1v) is 9.89. The minimum absolute atomic E-state index is 0.0679. The predicted molar refractivity (Wildman–Crippen MR) is 104 cm³/mol. The van der Waals surface area contributed by atoms with Crippen molar-refractivity contribution >= 4 is 5.91 Å². The fourth-order valence-corrected chi connectivity index (χ4v) is 4.99. The van der Waals surface area contributed by atoms with Crippen LogP contribution in [0.1, 0.15) is 43.0 Å². The van der Waals surface area contributed by atoms with E-state index in [1.807, 2.05) is 24.0 Å². The van der Waals surface area contributed by atoms with E-state index in [2.05, 4.69) is 0 Å². The number of rotatable bonds is 3. The molecule has 2 aliphatic rings. The Labute approximate surface area is 159 Å². The van der Waals surface area contributed by atoms with E-state index in [-0.39, 0.29) is 17.6 Å². The number of hydrogen-bond donors (Lipinski definition) is 1. The Morgan fingerprint density at radius 3 is 2.59 bits per heavy atom. The van der Waals surface area contributed by atoms with Crippen LogP contribution in [-0.4, -0.2) is 34.6 Å². The van der Waals surface area contributed by atoms with E-state index in [9.17, 15) is 14.3 Å². The second-order valence-corrected chi connectivity index (χ2v) is 7.95. The zero-order valence-electron chi connectivity index (χ0n) is 15.7. The number of aliphatic hydroxyl groups is 1. The molecule has 27 heavy (non-hydrogen) atoms. The highest BCUT2D eigenvalue weighted by molar-refractivity contribution is 6.01. The maximum absolute atomic E-state index is 14.3. The summed E-state index contributed by atoms with van der Waals surface area (Å²) >= 11 is 0. The summed E-state index contributed by atoms with van der Waals surface area (Å²) in [4.78, 5) is 15.2. The van der Waals surface area contributed by atoms with E-state index in [0.29, 0.717) is 35.7 Å². The van der Waals surface area contributed by atoms with E-state index in [1.54, 1.807) is 30.3 Å². The fraction of sp³-hybridized carbons (Fsp3) is 0.435. The first kappa shape index (κ1) is 18.2. The van der Waals surface area contributed by atoms with Gasteiger partial charge in [-0.25, -0.2) is 4.39 Å². The highest BCUT2D eigenvalue weighted by Crippen LogP contribution is 2.44. The Bertz CT molecular complexity index is 852. The lowest BCUT2D eigenvalue weighted by Gasteiger charge is -2.40. The van der Waals surface area contributed by atoms with Crippen LogP contribution in [0.5, 0.6) is 0 Å². The third-order valence-electron chi connectivity index (χ3n) is 6.54. The van der Waals surface area contributed by atoms with Crippen LogP contribution in [0, 0.1) is 17.7 Å². The summed E-state index contributed by atoms with van der Waals surface area (Å²) in [6.45, 7) is 3.29. The van der Waals surface area contributed by atoms with Crippen molar-refractivity contribution < 1.29 is 14.3 Å². The average Bonchev–Trinajstić information content (AvgIpc) is 3.14. The number of likely N-dealkylation sites (tertiary alicyclic amines) is 1. The van der Waals surface area contributed by atoms with Gasteiger partial charge in [0.1, 0.15) is 5.82 Å². The topological polar surface area (TPSA) is 40.5 Å². The third kappa shape index (κ3) is 3.16. The molecule has 0 radical (unpaired) electrons. The standard InChI is InChI=1S/C23H26FNO2/c1-2-23(27)13-7-8-16-14-25(15-20(16)23)22(26)19-11-4-3-9-17(19)18-10-5-6-12-21(18)24/h3-6,9-12,16,20,27H,2,7-8,13-15H2,1H3/t16-,20+,23-/m1/s1. The summed E-state index contributed by atoms with van der Waals surface area (Å²) < 4.78 is 14.3. The van der Waals surface area contributed by atoms with E-state index < -0.39 is 5.60 Å². The molecule has 1 amide bonds. The molecule has 2 aromatic carbocycles. The highest BCUT2D eigenvalue weighted by Gasteiger charge is 2.48. The Balaban J connectivity index is 1.64. The number of halogens is 1. The van der Waals surface area contributed by atoms with Gasteiger partial charge in [-0.15, -0.1) is 0 Å². The molecule has 142 valence electrons. The van der Waals surface area contributed by atoms with Crippen molar-refractivity contribution in [2.75, 3.05) is 13.1 Å². The Kier molecular flexibility index (Phi) is 4.77. The van der Waals surface area contributed by atoms with Gasteiger partial charge in [0.05, 0.1) is 5.60 Å². The molecule has 1 saturated heterocycles. The van der Waals surface area contributed by atoms with Crippen molar-refractivity contribution in [3.63, 3.8) is 0 Å². The molecule has 3 nitrogen and oxygen atoms in total. The predicted octanol–water partition coefficient (Wildman–Crippen LogP) is 4.51. The molecule has 0 aromatic heterocycles. The lowest BCUT2D eigenvalue weighted by molar-refractivity contribution is -0.0609. The van der Waals surface area contributed by atoms with Gasteiger partial charge in [0, 0.05) is 30.1 Å². The summed E-state index contributed by atoms with van der Waals surface area (Å²) in [5, 5.41) is 11.0. The molecule has 2 aromatic rings. The first-order chi connectivity index (χ1) is 13.0. The molecule has 0 spiro atoms. The van der Waals surface area contributed by atoms with Crippen molar-refractivity contribution in [2.24, 2.45) is 11.8 Å². The maximum Gasteiger partial charge on any atom is 0.254 e. The molecule has 4 heteroatoms. The third-order valence-corrected chi connectivity index (χ3v) is 6.54. The molecule has 1 heterocycles. The van der Waals surface area contributed by atoms with Gasteiger partial charge in [-0.2, -0.15) is 0 Å². The minimum Gasteiger partial charge on any atom is -0.390 e. The molecule has 4 rings (SSSR count). The Hall–Kier alpha value is -2.20. The largest absolute Gasteiger partial charge is 0.390 e. The molecule has 0 unspecified atom stereocenters. The van der Waals surface area contributed by atoms with Crippen molar-refractivity contribution in [3.05, 3.63) is 59.9 Å². The second-order valence-electron chi connectivity index (χ2n) is 7.95. The van der Waals surface area contributed by atoms with Gasteiger partial charge >= 0.3 is 0 Å². The smallest absolute Gasteiger partial charge is 0.254 e. The summed E-state index contributed by atoms with van der Waals surface area (Å²) in [7, 11) is 0. The molecule has 1 aliphatic heterocycles. The second kappa shape index (κ2) is 7.08. The summed E-state index contributed by atoms with van der Waals surface area (Å²) in [5.74, 6) is 0.101. The lowest BCUT2D eigenvalue weighted by Crippen LogP contribution is -2.44. The number of amides is 1. The quantitative estimate of drug-likeness (QED) is 0.867. The Morgan fingerprint density at radius 1 is 1.15 bits per heavy atom. The Morgan fingerprint density at radius 2 is 1.85 bits per heavy atom. The number of hydrogen-bond acceptors (Lipinski definition) is 2. The summed E-state index contributed by atoms with van der Waals surface area (Å²) in [6.07, 6.45) is 3.62. The molecule has 1 aliphatic carbocycles. The molecular formula is C23H26FNO2. The van der Waals surface area contributed by atoms with E-state index >= 15 is 0 Å². The van der Waals surface area contributed by atoms with Crippen molar-refractivity contribution in [2.45, 2.75) is 38.2 Å². The van der Waals surface area contributed by atoms with Crippen molar-refractivity contribution in [3.8, 4) is 11.1 Å².